The zero-order valence-electron chi connectivity index (χ0n) is 5.80. The molecule has 0 aliphatic heterocycles. The summed E-state index contributed by atoms with van der Waals surface area (Å²) in [6, 6.07) is 2.27. The van der Waals surface area contributed by atoms with Crippen LogP contribution in [0, 0.1) is 0 Å². The van der Waals surface area contributed by atoms with E-state index in [4.69, 9.17) is 5.73 Å². The van der Waals surface area contributed by atoms with Gasteiger partial charge in [-0.1, -0.05) is 6.92 Å². The minimum absolute atomic E-state index is 0.195. The Labute approximate surface area is 73.4 Å². The molecule has 1 nitrogen and oxygen atoms in total. The lowest BCUT2D eigenvalue weighted by Crippen LogP contribution is -2.07. The van der Waals surface area contributed by atoms with Crippen molar-refractivity contribution in [2.75, 3.05) is 0 Å². The van der Waals surface area contributed by atoms with Crippen LogP contribution in [0.15, 0.2) is 15.2 Å². The molecule has 0 saturated heterocycles. The van der Waals surface area contributed by atoms with Gasteiger partial charge in [-0.15, -0.1) is 11.3 Å². The summed E-state index contributed by atoms with van der Waals surface area (Å²) in [5, 5.41) is 2.05. The zero-order valence-corrected chi connectivity index (χ0v) is 8.21. The average Bonchev–Trinajstić information content (AvgIpc) is 2.34. The first-order valence-electron chi connectivity index (χ1n) is 3.24. The van der Waals surface area contributed by atoms with Crippen molar-refractivity contribution >= 4 is 27.3 Å². The predicted octanol–water partition coefficient (Wildman–Crippen LogP) is 2.92. The van der Waals surface area contributed by atoms with Crippen molar-refractivity contribution in [3.05, 3.63) is 20.8 Å². The van der Waals surface area contributed by atoms with Crippen LogP contribution >= 0.6 is 27.3 Å². The van der Waals surface area contributed by atoms with Gasteiger partial charge in [0.2, 0.25) is 0 Å². The van der Waals surface area contributed by atoms with Gasteiger partial charge in [0, 0.05) is 6.04 Å². The molecule has 1 atom stereocenters. The van der Waals surface area contributed by atoms with Crippen LogP contribution in [-0.4, -0.2) is 0 Å². The summed E-state index contributed by atoms with van der Waals surface area (Å²) in [6.07, 6.45) is 0.995. The van der Waals surface area contributed by atoms with Crippen LogP contribution in [0.25, 0.3) is 0 Å². The highest BCUT2D eigenvalue weighted by atomic mass is 79.9. The van der Waals surface area contributed by atoms with Gasteiger partial charge < -0.3 is 5.73 Å². The molecule has 1 aromatic heterocycles. The van der Waals surface area contributed by atoms with Gasteiger partial charge in [0.1, 0.15) is 0 Å². The van der Waals surface area contributed by atoms with Gasteiger partial charge in [-0.05, 0) is 39.4 Å². The van der Waals surface area contributed by atoms with Gasteiger partial charge in [0.05, 0.1) is 3.79 Å². The fraction of sp³-hybridized carbons (Fsp3) is 0.429. The number of thiophene rings is 1. The molecule has 0 aliphatic rings. The molecular weight excluding hydrogens is 210 g/mol. The quantitative estimate of drug-likeness (QED) is 0.814. The topological polar surface area (TPSA) is 26.0 Å². The second-order valence-corrected chi connectivity index (χ2v) is 4.40. The van der Waals surface area contributed by atoms with E-state index in [1.807, 2.05) is 0 Å². The smallest absolute Gasteiger partial charge is 0.0746 e. The van der Waals surface area contributed by atoms with E-state index in [2.05, 4.69) is 34.3 Å². The van der Waals surface area contributed by atoms with E-state index in [9.17, 15) is 0 Å². The Morgan fingerprint density at radius 3 is 2.90 bits per heavy atom. The van der Waals surface area contributed by atoms with Gasteiger partial charge >= 0.3 is 0 Å². The van der Waals surface area contributed by atoms with Crippen LogP contribution in [0.3, 0.4) is 0 Å². The summed E-state index contributed by atoms with van der Waals surface area (Å²) in [4.78, 5) is 0. The minimum Gasteiger partial charge on any atom is -0.324 e. The highest BCUT2D eigenvalue weighted by Crippen LogP contribution is 2.28. The number of rotatable bonds is 2. The van der Waals surface area contributed by atoms with Crippen molar-refractivity contribution in [3.63, 3.8) is 0 Å². The molecule has 1 unspecified atom stereocenters. The summed E-state index contributed by atoms with van der Waals surface area (Å²) in [5.41, 5.74) is 7.05. The van der Waals surface area contributed by atoms with Gasteiger partial charge in [0.15, 0.2) is 0 Å². The second kappa shape index (κ2) is 3.51. The van der Waals surface area contributed by atoms with Crippen LogP contribution in [0.2, 0.25) is 0 Å². The van der Waals surface area contributed by atoms with E-state index in [0.29, 0.717) is 0 Å². The first-order chi connectivity index (χ1) is 4.75. The largest absolute Gasteiger partial charge is 0.324 e. The zero-order chi connectivity index (χ0) is 7.56. The first-order valence-corrected chi connectivity index (χ1v) is 4.91. The molecule has 0 saturated carbocycles. The summed E-state index contributed by atoms with van der Waals surface area (Å²) in [5.74, 6) is 0. The summed E-state index contributed by atoms with van der Waals surface area (Å²) in [6.45, 7) is 2.09. The van der Waals surface area contributed by atoms with E-state index < -0.39 is 0 Å². The third-order valence-electron chi connectivity index (χ3n) is 1.49. The maximum atomic E-state index is 5.82. The van der Waals surface area contributed by atoms with Gasteiger partial charge in [0.25, 0.3) is 0 Å². The second-order valence-electron chi connectivity index (χ2n) is 2.16. The van der Waals surface area contributed by atoms with Crippen molar-refractivity contribution in [1.29, 1.82) is 0 Å². The first kappa shape index (κ1) is 8.24. The standard InChI is InChI=1S/C7H10BrNS/c1-2-6(9)5-3-4-10-7(5)8/h3-4,6H,2,9H2,1H3. The summed E-state index contributed by atoms with van der Waals surface area (Å²) in [7, 11) is 0. The molecule has 0 aromatic carbocycles. The summed E-state index contributed by atoms with van der Waals surface area (Å²) < 4.78 is 1.17. The Morgan fingerprint density at radius 2 is 2.50 bits per heavy atom. The van der Waals surface area contributed by atoms with Crippen LogP contribution in [-0.2, 0) is 0 Å². The van der Waals surface area contributed by atoms with Crippen LogP contribution in [0.5, 0.6) is 0 Å². The molecule has 0 spiro atoms. The molecule has 56 valence electrons. The number of nitrogens with two attached hydrogens (primary N) is 1. The molecule has 1 rings (SSSR count). The van der Waals surface area contributed by atoms with E-state index in [1.54, 1.807) is 11.3 Å². The number of hydrogen-bond donors (Lipinski definition) is 1. The fourth-order valence-corrected chi connectivity index (χ4v) is 2.23. The van der Waals surface area contributed by atoms with Crippen LogP contribution in [0.4, 0.5) is 0 Å². The van der Waals surface area contributed by atoms with E-state index in [0.717, 1.165) is 6.42 Å². The molecule has 0 aliphatic carbocycles. The molecule has 0 fully saturated rings. The molecule has 2 N–H and O–H groups in total. The lowest BCUT2D eigenvalue weighted by Gasteiger charge is -2.05. The van der Waals surface area contributed by atoms with E-state index in [-0.39, 0.29) is 6.04 Å². The van der Waals surface area contributed by atoms with Crippen molar-refractivity contribution in [3.8, 4) is 0 Å². The van der Waals surface area contributed by atoms with Crippen LogP contribution < -0.4 is 5.73 Å². The SMILES string of the molecule is CCC(N)c1ccsc1Br. The van der Waals surface area contributed by atoms with Crippen molar-refractivity contribution in [1.82, 2.24) is 0 Å². The lowest BCUT2D eigenvalue weighted by molar-refractivity contribution is 0.699. The Balaban J connectivity index is 2.82. The molecular formula is C7H10BrNS. The Kier molecular flexibility index (Phi) is 2.89. The molecule has 1 heterocycles. The minimum atomic E-state index is 0.195. The molecule has 0 amide bonds. The highest BCUT2D eigenvalue weighted by Gasteiger charge is 2.07. The van der Waals surface area contributed by atoms with Crippen molar-refractivity contribution in [2.45, 2.75) is 19.4 Å². The van der Waals surface area contributed by atoms with E-state index >= 15 is 0 Å². The van der Waals surface area contributed by atoms with Crippen molar-refractivity contribution in [2.24, 2.45) is 5.73 Å². The highest BCUT2D eigenvalue weighted by molar-refractivity contribution is 9.11. The fourth-order valence-electron chi connectivity index (χ4n) is 0.790. The molecule has 1 aromatic rings. The number of hydrogen-bond acceptors (Lipinski definition) is 2. The lowest BCUT2D eigenvalue weighted by atomic mass is 10.1. The average molecular weight is 220 g/mol. The monoisotopic (exact) mass is 219 g/mol. The maximum Gasteiger partial charge on any atom is 0.0746 e. The van der Waals surface area contributed by atoms with Gasteiger partial charge in [-0.25, -0.2) is 0 Å². The molecule has 3 heteroatoms. The predicted molar refractivity (Wildman–Crippen MR) is 49.2 cm³/mol. The van der Waals surface area contributed by atoms with Crippen LogP contribution in [0.1, 0.15) is 24.9 Å². The molecule has 0 bridgehead atoms. The summed E-state index contributed by atoms with van der Waals surface area (Å²) >= 11 is 5.13. The van der Waals surface area contributed by atoms with Gasteiger partial charge in [-0.2, -0.15) is 0 Å². The number of halogens is 1. The Hall–Kier alpha value is 0.140. The maximum absolute atomic E-state index is 5.82. The Bertz CT molecular complexity index is 209. The van der Waals surface area contributed by atoms with Gasteiger partial charge in [-0.3, -0.25) is 0 Å². The molecule has 0 radical (unpaired) electrons. The third-order valence-corrected chi connectivity index (χ3v) is 3.22. The van der Waals surface area contributed by atoms with E-state index in [1.165, 1.54) is 9.35 Å². The van der Waals surface area contributed by atoms with Crippen molar-refractivity contribution < 1.29 is 0 Å². The Morgan fingerprint density at radius 1 is 1.80 bits per heavy atom. The third kappa shape index (κ3) is 1.59. The normalized spacial score (nSPS) is 13.5. The molecule has 10 heavy (non-hydrogen) atoms.